The van der Waals surface area contributed by atoms with Gasteiger partial charge in [-0.15, -0.1) is 0 Å². The summed E-state index contributed by atoms with van der Waals surface area (Å²) in [6, 6.07) is -0.375. The lowest BCUT2D eigenvalue weighted by atomic mass is 9.82. The SMILES string of the molecule is CC(C)(C)OC(=O)N1C[C@H]2CCN(C(=O)C(F)(F)F)C[C@H]21. The summed E-state index contributed by atoms with van der Waals surface area (Å²) >= 11 is 0. The molecule has 2 heterocycles. The van der Waals surface area contributed by atoms with Crippen LogP contribution in [0.25, 0.3) is 0 Å². The van der Waals surface area contributed by atoms with Crippen LogP contribution < -0.4 is 0 Å². The third-order valence-electron chi connectivity index (χ3n) is 3.71. The van der Waals surface area contributed by atoms with E-state index >= 15 is 0 Å². The van der Waals surface area contributed by atoms with Crippen LogP contribution in [0.15, 0.2) is 0 Å². The summed E-state index contributed by atoms with van der Waals surface area (Å²) in [5.41, 5.74) is -0.654. The van der Waals surface area contributed by atoms with Gasteiger partial charge >= 0.3 is 18.2 Å². The maximum absolute atomic E-state index is 12.5. The smallest absolute Gasteiger partial charge is 0.444 e. The highest BCUT2D eigenvalue weighted by Gasteiger charge is 2.51. The molecule has 2 aliphatic rings. The van der Waals surface area contributed by atoms with E-state index in [-0.39, 0.29) is 25.0 Å². The van der Waals surface area contributed by atoms with Gasteiger partial charge in [0.1, 0.15) is 5.60 Å². The summed E-state index contributed by atoms with van der Waals surface area (Å²) in [6.07, 6.45) is -4.93. The highest BCUT2D eigenvalue weighted by Crippen LogP contribution is 2.35. The van der Waals surface area contributed by atoms with E-state index in [1.807, 2.05) is 0 Å². The lowest BCUT2D eigenvalue weighted by Crippen LogP contribution is -2.67. The fourth-order valence-corrected chi connectivity index (χ4v) is 2.69. The molecule has 0 saturated carbocycles. The molecule has 0 N–H and O–H groups in total. The monoisotopic (exact) mass is 308 g/mol. The first-order valence-corrected chi connectivity index (χ1v) is 6.85. The number of halogens is 3. The van der Waals surface area contributed by atoms with E-state index in [9.17, 15) is 22.8 Å². The number of hydrogen-bond donors (Lipinski definition) is 0. The lowest BCUT2D eigenvalue weighted by molar-refractivity contribution is -0.190. The maximum atomic E-state index is 12.5. The third-order valence-corrected chi connectivity index (χ3v) is 3.71. The summed E-state index contributed by atoms with van der Waals surface area (Å²) in [4.78, 5) is 25.4. The molecular weight excluding hydrogens is 289 g/mol. The molecular formula is C13H19F3N2O3. The standard InChI is InChI=1S/C13H19F3N2O3/c1-12(2,3)21-11(20)18-6-8-4-5-17(7-9(8)18)10(19)13(14,15)16/h8-9H,4-7H2,1-3H3/t8-,9-/m1/s1. The highest BCUT2D eigenvalue weighted by atomic mass is 19.4. The van der Waals surface area contributed by atoms with Crippen LogP contribution in [0.4, 0.5) is 18.0 Å². The fraction of sp³-hybridized carbons (Fsp3) is 0.846. The van der Waals surface area contributed by atoms with Crippen molar-refractivity contribution in [1.29, 1.82) is 0 Å². The highest BCUT2D eigenvalue weighted by molar-refractivity contribution is 5.82. The van der Waals surface area contributed by atoms with Crippen molar-refractivity contribution in [3.8, 4) is 0 Å². The largest absolute Gasteiger partial charge is 0.471 e. The van der Waals surface area contributed by atoms with Crippen LogP contribution in [0.3, 0.4) is 0 Å². The van der Waals surface area contributed by atoms with Gasteiger partial charge < -0.3 is 14.5 Å². The molecule has 0 aliphatic carbocycles. The average molecular weight is 308 g/mol. The molecule has 0 aromatic rings. The summed E-state index contributed by atoms with van der Waals surface area (Å²) in [6.45, 7) is 5.66. The van der Waals surface area contributed by atoms with Gasteiger partial charge in [-0.25, -0.2) is 4.79 Å². The van der Waals surface area contributed by atoms with E-state index < -0.39 is 23.8 Å². The number of rotatable bonds is 0. The minimum Gasteiger partial charge on any atom is -0.444 e. The normalized spacial score (nSPS) is 26.0. The van der Waals surface area contributed by atoms with Gasteiger partial charge in [-0.1, -0.05) is 0 Å². The van der Waals surface area contributed by atoms with Gasteiger partial charge in [0.05, 0.1) is 6.04 Å². The van der Waals surface area contributed by atoms with E-state index in [0.29, 0.717) is 13.0 Å². The third kappa shape index (κ3) is 3.41. The van der Waals surface area contributed by atoms with Crippen LogP contribution in [0.2, 0.25) is 0 Å². The predicted molar refractivity (Wildman–Crippen MR) is 67.5 cm³/mol. The van der Waals surface area contributed by atoms with Crippen LogP contribution in [0, 0.1) is 5.92 Å². The Morgan fingerprint density at radius 3 is 2.29 bits per heavy atom. The Labute approximate surface area is 121 Å². The van der Waals surface area contributed by atoms with E-state index in [0.717, 1.165) is 4.90 Å². The quantitative estimate of drug-likeness (QED) is 0.688. The van der Waals surface area contributed by atoms with Gasteiger partial charge in [0, 0.05) is 25.6 Å². The van der Waals surface area contributed by atoms with Gasteiger partial charge in [-0.05, 0) is 27.2 Å². The minimum absolute atomic E-state index is 0.0811. The van der Waals surface area contributed by atoms with Crippen LogP contribution in [-0.4, -0.2) is 59.3 Å². The number of hydrogen-bond acceptors (Lipinski definition) is 3. The fourth-order valence-electron chi connectivity index (χ4n) is 2.69. The molecule has 2 amide bonds. The topological polar surface area (TPSA) is 49.9 Å². The van der Waals surface area contributed by atoms with Crippen molar-refractivity contribution in [3.05, 3.63) is 0 Å². The van der Waals surface area contributed by atoms with E-state index in [2.05, 4.69) is 0 Å². The van der Waals surface area contributed by atoms with Gasteiger partial charge in [0.25, 0.3) is 0 Å². The molecule has 5 nitrogen and oxygen atoms in total. The number of amides is 2. The molecule has 2 fully saturated rings. The van der Waals surface area contributed by atoms with Gasteiger partial charge in [-0.3, -0.25) is 4.79 Å². The molecule has 0 bridgehead atoms. The number of fused-ring (bicyclic) bond motifs is 1. The van der Waals surface area contributed by atoms with Crippen molar-refractivity contribution < 1.29 is 27.5 Å². The van der Waals surface area contributed by atoms with Crippen molar-refractivity contribution in [1.82, 2.24) is 9.80 Å². The van der Waals surface area contributed by atoms with E-state index in [1.165, 1.54) is 4.90 Å². The van der Waals surface area contributed by atoms with Crippen molar-refractivity contribution in [3.63, 3.8) is 0 Å². The second-order valence-electron chi connectivity index (χ2n) is 6.50. The van der Waals surface area contributed by atoms with Gasteiger partial charge in [-0.2, -0.15) is 13.2 Å². The minimum atomic E-state index is -4.87. The molecule has 8 heteroatoms. The number of piperidine rings is 1. The van der Waals surface area contributed by atoms with Crippen molar-refractivity contribution in [2.75, 3.05) is 19.6 Å². The van der Waals surface area contributed by atoms with Gasteiger partial charge in [0.2, 0.25) is 0 Å². The molecule has 2 saturated heterocycles. The number of likely N-dealkylation sites (tertiary alicyclic amines) is 2. The van der Waals surface area contributed by atoms with Gasteiger partial charge in [0.15, 0.2) is 0 Å². The van der Waals surface area contributed by atoms with Crippen molar-refractivity contribution >= 4 is 12.0 Å². The van der Waals surface area contributed by atoms with Crippen molar-refractivity contribution in [2.24, 2.45) is 5.92 Å². The molecule has 0 spiro atoms. The Balaban J connectivity index is 1.97. The lowest BCUT2D eigenvalue weighted by Gasteiger charge is -2.52. The Hall–Kier alpha value is -1.47. The molecule has 21 heavy (non-hydrogen) atoms. The van der Waals surface area contributed by atoms with E-state index in [4.69, 9.17) is 4.74 Å². The average Bonchev–Trinajstić information content (AvgIpc) is 2.26. The number of carbonyl (C=O) groups is 2. The van der Waals surface area contributed by atoms with Crippen LogP contribution in [-0.2, 0) is 9.53 Å². The molecule has 2 aliphatic heterocycles. The van der Waals surface area contributed by atoms with Crippen LogP contribution in [0.5, 0.6) is 0 Å². The summed E-state index contributed by atoms with van der Waals surface area (Å²) < 4.78 is 42.6. The van der Waals surface area contributed by atoms with E-state index in [1.54, 1.807) is 20.8 Å². The molecule has 120 valence electrons. The summed E-state index contributed by atoms with van der Waals surface area (Å²) in [5, 5.41) is 0. The first-order chi connectivity index (χ1) is 9.49. The molecule has 2 atom stereocenters. The molecule has 2 rings (SSSR count). The first kappa shape index (κ1) is 15.9. The maximum Gasteiger partial charge on any atom is 0.471 e. The molecule has 0 aromatic carbocycles. The number of carbonyl (C=O) groups excluding carboxylic acids is 2. The first-order valence-electron chi connectivity index (χ1n) is 6.85. The van der Waals surface area contributed by atoms with Crippen LogP contribution >= 0.6 is 0 Å². The Bertz CT molecular complexity index is 445. The zero-order chi connectivity index (χ0) is 16.0. The summed E-state index contributed by atoms with van der Waals surface area (Å²) in [5.74, 6) is -1.69. The second kappa shape index (κ2) is 5.06. The molecule has 0 aromatic heterocycles. The molecule has 0 unspecified atom stereocenters. The Kier molecular flexibility index (Phi) is 3.84. The second-order valence-corrected chi connectivity index (χ2v) is 6.50. The number of alkyl halides is 3. The predicted octanol–water partition coefficient (Wildman–Crippen LogP) is 2.02. The Morgan fingerprint density at radius 2 is 1.76 bits per heavy atom. The number of nitrogens with zero attached hydrogens (tertiary/aromatic N) is 2. The molecule has 0 radical (unpaired) electrons. The Morgan fingerprint density at radius 1 is 1.14 bits per heavy atom. The summed E-state index contributed by atoms with van der Waals surface area (Å²) in [7, 11) is 0. The zero-order valence-corrected chi connectivity index (χ0v) is 12.2. The van der Waals surface area contributed by atoms with Crippen LogP contribution in [0.1, 0.15) is 27.2 Å². The number of ether oxygens (including phenoxy) is 1. The van der Waals surface area contributed by atoms with Crippen molar-refractivity contribution in [2.45, 2.75) is 45.0 Å². The zero-order valence-electron chi connectivity index (χ0n) is 12.2.